The molecule has 1 aliphatic heterocycles. The fourth-order valence-corrected chi connectivity index (χ4v) is 6.32. The van der Waals surface area contributed by atoms with Crippen LogP contribution in [0.2, 0.25) is 0 Å². The van der Waals surface area contributed by atoms with Crippen LogP contribution in [0.1, 0.15) is 51.5 Å². The van der Waals surface area contributed by atoms with E-state index in [9.17, 15) is 4.79 Å². The van der Waals surface area contributed by atoms with E-state index < -0.39 is 0 Å². The fourth-order valence-electron chi connectivity index (χ4n) is 6.32. The van der Waals surface area contributed by atoms with Crippen LogP contribution in [0.3, 0.4) is 0 Å². The first-order chi connectivity index (χ1) is 15.0. The van der Waals surface area contributed by atoms with Crippen molar-refractivity contribution in [2.45, 2.75) is 58.5 Å². The topological polar surface area (TPSA) is 63.3 Å². The maximum absolute atomic E-state index is 12.7. The molecule has 0 amide bonds. The van der Waals surface area contributed by atoms with Crippen molar-refractivity contribution in [3.8, 4) is 5.75 Å². The lowest BCUT2D eigenvalue weighted by Gasteiger charge is -2.45. The smallest absolute Gasteiger partial charge is 0.310 e. The SMILES string of the molecule is COc1ccc2[nH]cc(CCNC[C@@H]3C(=O)O[C@@H]4C[C@]5(C)CCCC(C)=C5C[C@H]34)c2c1. The Morgan fingerprint density at radius 3 is 3.06 bits per heavy atom. The lowest BCUT2D eigenvalue weighted by atomic mass is 9.59. The third kappa shape index (κ3) is 3.67. The number of allylic oxidation sites excluding steroid dienone is 2. The van der Waals surface area contributed by atoms with Gasteiger partial charge in [0, 0.05) is 29.6 Å². The van der Waals surface area contributed by atoms with E-state index in [1.165, 1.54) is 30.2 Å². The Morgan fingerprint density at radius 1 is 1.35 bits per heavy atom. The number of ether oxygens (including phenoxy) is 2. The monoisotopic (exact) mass is 422 g/mol. The van der Waals surface area contributed by atoms with E-state index in [0.717, 1.165) is 37.1 Å². The van der Waals surface area contributed by atoms with E-state index >= 15 is 0 Å². The Morgan fingerprint density at radius 2 is 2.23 bits per heavy atom. The molecule has 0 bridgehead atoms. The number of benzene rings is 1. The maximum Gasteiger partial charge on any atom is 0.310 e. The number of fused-ring (bicyclic) bond motifs is 3. The van der Waals surface area contributed by atoms with Gasteiger partial charge in [-0.3, -0.25) is 4.79 Å². The van der Waals surface area contributed by atoms with Crippen LogP contribution in [0.15, 0.2) is 35.5 Å². The van der Waals surface area contributed by atoms with E-state index in [2.05, 4.69) is 42.5 Å². The van der Waals surface area contributed by atoms with Gasteiger partial charge in [0.2, 0.25) is 0 Å². The van der Waals surface area contributed by atoms with Crippen LogP contribution in [0.5, 0.6) is 5.75 Å². The Balaban J connectivity index is 1.22. The minimum atomic E-state index is -0.0279. The quantitative estimate of drug-likeness (QED) is 0.400. The van der Waals surface area contributed by atoms with Crippen molar-refractivity contribution < 1.29 is 14.3 Å². The van der Waals surface area contributed by atoms with Gasteiger partial charge in [0.15, 0.2) is 0 Å². The highest BCUT2D eigenvalue weighted by atomic mass is 16.6. The Labute approximate surface area is 184 Å². The summed E-state index contributed by atoms with van der Waals surface area (Å²) in [7, 11) is 1.70. The molecular weight excluding hydrogens is 388 g/mol. The largest absolute Gasteiger partial charge is 0.497 e. The molecule has 2 N–H and O–H groups in total. The zero-order valence-corrected chi connectivity index (χ0v) is 18.9. The van der Waals surface area contributed by atoms with Crippen molar-refractivity contribution in [3.05, 3.63) is 41.1 Å². The number of aromatic amines is 1. The van der Waals surface area contributed by atoms with Crippen LogP contribution < -0.4 is 10.1 Å². The third-order valence-electron chi connectivity index (χ3n) is 8.09. The molecule has 1 aromatic heterocycles. The summed E-state index contributed by atoms with van der Waals surface area (Å²) >= 11 is 0. The van der Waals surface area contributed by atoms with Crippen molar-refractivity contribution in [1.82, 2.24) is 10.3 Å². The van der Waals surface area contributed by atoms with E-state index in [4.69, 9.17) is 9.47 Å². The van der Waals surface area contributed by atoms with Gasteiger partial charge in [-0.1, -0.05) is 18.1 Å². The van der Waals surface area contributed by atoms with Crippen molar-refractivity contribution in [3.63, 3.8) is 0 Å². The molecule has 5 heteroatoms. The van der Waals surface area contributed by atoms with Gasteiger partial charge >= 0.3 is 5.97 Å². The standard InChI is InChI=1S/C26H34N2O3/c1-16-5-4-9-26(2)13-24-20(12-22(16)26)21(25(29)31-24)15-27-10-8-17-14-28-23-7-6-18(30-3)11-19(17)23/h6-7,11,14,20-21,24,27-28H,4-5,8-10,12-13,15H2,1-3H3/t20-,21+,24-,26+/m1/s1. The minimum Gasteiger partial charge on any atom is -0.497 e. The molecule has 1 aromatic carbocycles. The average Bonchev–Trinajstić information content (AvgIpc) is 3.29. The Kier molecular flexibility index (Phi) is 5.33. The van der Waals surface area contributed by atoms with Gasteiger partial charge < -0.3 is 19.8 Å². The summed E-state index contributed by atoms with van der Waals surface area (Å²) in [6.07, 6.45) is 8.84. The van der Waals surface area contributed by atoms with Crippen molar-refractivity contribution >= 4 is 16.9 Å². The highest BCUT2D eigenvalue weighted by Gasteiger charge is 2.52. The molecular formula is C26H34N2O3. The van der Waals surface area contributed by atoms with Crippen LogP contribution in [0.4, 0.5) is 0 Å². The Hall–Kier alpha value is -2.27. The molecule has 5 rings (SSSR count). The van der Waals surface area contributed by atoms with Gasteiger partial charge in [0.25, 0.3) is 0 Å². The molecule has 2 heterocycles. The number of rotatable bonds is 6. The zero-order valence-electron chi connectivity index (χ0n) is 18.9. The summed E-state index contributed by atoms with van der Waals surface area (Å²) in [5.74, 6) is 1.17. The molecule has 0 radical (unpaired) electrons. The van der Waals surface area contributed by atoms with Gasteiger partial charge in [-0.05, 0) is 81.2 Å². The second kappa shape index (κ2) is 8.01. The molecule has 31 heavy (non-hydrogen) atoms. The number of nitrogens with one attached hydrogen (secondary N) is 2. The second-order valence-electron chi connectivity index (χ2n) is 10.0. The fraction of sp³-hybridized carbons (Fsp3) is 0.577. The number of hydrogen-bond donors (Lipinski definition) is 2. The van der Waals surface area contributed by atoms with Gasteiger partial charge in [-0.15, -0.1) is 0 Å². The first kappa shape index (κ1) is 20.6. The summed E-state index contributed by atoms with van der Waals surface area (Å²) in [5, 5.41) is 4.75. The van der Waals surface area contributed by atoms with Crippen LogP contribution in [0.25, 0.3) is 10.9 Å². The van der Waals surface area contributed by atoms with Crippen LogP contribution in [-0.4, -0.2) is 37.3 Å². The molecule has 1 saturated heterocycles. The molecule has 5 nitrogen and oxygen atoms in total. The molecule has 4 atom stereocenters. The molecule has 1 saturated carbocycles. The molecule has 3 aliphatic rings. The summed E-state index contributed by atoms with van der Waals surface area (Å²) in [6, 6.07) is 6.11. The van der Waals surface area contributed by atoms with Crippen LogP contribution in [0, 0.1) is 17.3 Å². The summed E-state index contributed by atoms with van der Waals surface area (Å²) < 4.78 is 11.3. The van der Waals surface area contributed by atoms with E-state index in [0.29, 0.717) is 12.5 Å². The predicted octanol–water partition coefficient (Wildman–Crippen LogP) is 4.77. The van der Waals surface area contributed by atoms with Gasteiger partial charge in [0.1, 0.15) is 11.9 Å². The molecule has 2 aromatic rings. The number of H-pyrrole nitrogens is 1. The number of hydrogen-bond acceptors (Lipinski definition) is 4. The molecule has 2 fully saturated rings. The molecule has 0 unspecified atom stereocenters. The van der Waals surface area contributed by atoms with E-state index in [1.54, 1.807) is 18.3 Å². The molecule has 0 spiro atoms. The highest BCUT2D eigenvalue weighted by Crippen LogP contribution is 2.54. The number of carbonyl (C=O) groups is 1. The van der Waals surface area contributed by atoms with Crippen LogP contribution in [-0.2, 0) is 16.0 Å². The predicted molar refractivity (Wildman–Crippen MR) is 122 cm³/mol. The lowest BCUT2D eigenvalue weighted by molar-refractivity contribution is -0.145. The number of methoxy groups -OCH3 is 1. The highest BCUT2D eigenvalue weighted by molar-refractivity contribution is 5.84. The molecule has 166 valence electrons. The zero-order chi connectivity index (χ0) is 21.6. The van der Waals surface area contributed by atoms with Crippen molar-refractivity contribution in [1.29, 1.82) is 0 Å². The van der Waals surface area contributed by atoms with Crippen molar-refractivity contribution in [2.75, 3.05) is 20.2 Å². The number of carbonyl (C=O) groups excluding carboxylic acids is 1. The summed E-state index contributed by atoms with van der Waals surface area (Å²) in [6.45, 7) is 6.23. The van der Waals surface area contributed by atoms with E-state index in [1.807, 2.05) is 6.07 Å². The average molecular weight is 423 g/mol. The van der Waals surface area contributed by atoms with Crippen molar-refractivity contribution in [2.24, 2.45) is 17.3 Å². The Bertz CT molecular complexity index is 1020. The third-order valence-corrected chi connectivity index (χ3v) is 8.09. The number of esters is 1. The first-order valence-corrected chi connectivity index (χ1v) is 11.7. The van der Waals surface area contributed by atoms with Gasteiger partial charge in [-0.25, -0.2) is 0 Å². The van der Waals surface area contributed by atoms with E-state index in [-0.39, 0.29) is 23.4 Å². The number of aromatic nitrogens is 1. The van der Waals surface area contributed by atoms with Gasteiger partial charge in [0.05, 0.1) is 13.0 Å². The summed E-state index contributed by atoms with van der Waals surface area (Å²) in [4.78, 5) is 16.0. The van der Waals surface area contributed by atoms with Gasteiger partial charge in [-0.2, -0.15) is 0 Å². The van der Waals surface area contributed by atoms with Crippen LogP contribution >= 0.6 is 0 Å². The lowest BCUT2D eigenvalue weighted by Crippen LogP contribution is -2.40. The maximum atomic E-state index is 12.7. The second-order valence-corrected chi connectivity index (χ2v) is 10.0. The summed E-state index contributed by atoms with van der Waals surface area (Å²) in [5.41, 5.74) is 5.82. The normalized spacial score (nSPS) is 30.3. The first-order valence-electron chi connectivity index (χ1n) is 11.7. The molecule has 2 aliphatic carbocycles. The minimum absolute atomic E-state index is 0.000157.